The Kier molecular flexibility index (Phi) is 6.39. The van der Waals surface area contributed by atoms with Crippen molar-refractivity contribution in [1.29, 1.82) is 0 Å². The first kappa shape index (κ1) is 17.2. The first-order valence-corrected chi connectivity index (χ1v) is 7.18. The molecule has 1 aromatic rings. The zero-order valence-corrected chi connectivity index (χ0v) is 13.3. The smallest absolute Gasteiger partial charge is 0.320 e. The number of aryl methyl sites for hydroxylation is 2. The van der Waals surface area contributed by atoms with Gasteiger partial charge >= 0.3 is 11.9 Å². The maximum Gasteiger partial charge on any atom is 0.320 e. The van der Waals surface area contributed by atoms with Gasteiger partial charge in [0, 0.05) is 13.2 Å². The van der Waals surface area contributed by atoms with E-state index in [9.17, 15) is 9.59 Å². The summed E-state index contributed by atoms with van der Waals surface area (Å²) in [5, 5.41) is 4.07. The van der Waals surface area contributed by atoms with Crippen LogP contribution in [0.1, 0.15) is 39.7 Å². The Hall–Kier alpha value is -1.85. The number of carbonyl (C=O) groups is 2. The van der Waals surface area contributed by atoms with E-state index in [1.54, 1.807) is 38.6 Å². The van der Waals surface area contributed by atoms with E-state index in [1.165, 1.54) is 0 Å². The minimum Gasteiger partial charge on any atom is -0.462 e. The number of aromatic nitrogens is 2. The lowest BCUT2D eigenvalue weighted by atomic mass is 10.0. The molecule has 1 heterocycles. The molecule has 0 aromatic carbocycles. The van der Waals surface area contributed by atoms with Crippen LogP contribution >= 0.6 is 0 Å². The second kappa shape index (κ2) is 7.81. The molecule has 6 nitrogen and oxygen atoms in total. The van der Waals surface area contributed by atoms with Gasteiger partial charge in [-0.15, -0.1) is 0 Å². The maximum atomic E-state index is 12.1. The van der Waals surface area contributed by atoms with Crippen LogP contribution in [0, 0.1) is 5.92 Å². The van der Waals surface area contributed by atoms with Crippen LogP contribution in [0.2, 0.25) is 0 Å². The second-order valence-electron chi connectivity index (χ2n) is 5.58. The first-order valence-electron chi connectivity index (χ1n) is 7.18. The highest BCUT2D eigenvalue weighted by atomic mass is 16.6. The SMILES string of the molecule is CC(C)OC(=O)C(CCc1cnn(C)c1)C(=O)OC(C)C. The van der Waals surface area contributed by atoms with Crippen molar-refractivity contribution >= 4 is 11.9 Å². The molecule has 0 saturated heterocycles. The molecule has 118 valence electrons. The molecule has 0 aliphatic carbocycles. The average Bonchev–Trinajstić information content (AvgIpc) is 2.73. The van der Waals surface area contributed by atoms with Gasteiger partial charge in [-0.2, -0.15) is 5.10 Å². The van der Waals surface area contributed by atoms with Gasteiger partial charge in [0.05, 0.1) is 18.4 Å². The predicted molar refractivity (Wildman–Crippen MR) is 77.5 cm³/mol. The summed E-state index contributed by atoms with van der Waals surface area (Å²) in [6.45, 7) is 7.02. The van der Waals surface area contributed by atoms with Gasteiger partial charge in [0.1, 0.15) is 0 Å². The van der Waals surface area contributed by atoms with E-state index in [1.807, 2.05) is 13.2 Å². The van der Waals surface area contributed by atoms with E-state index in [2.05, 4.69) is 5.10 Å². The normalized spacial score (nSPS) is 11.2. The molecule has 6 heteroatoms. The molecule has 0 bridgehead atoms. The van der Waals surface area contributed by atoms with E-state index in [0.717, 1.165) is 5.56 Å². The molecule has 1 aromatic heterocycles. The van der Waals surface area contributed by atoms with Gasteiger partial charge in [-0.1, -0.05) is 0 Å². The highest BCUT2D eigenvalue weighted by molar-refractivity contribution is 5.95. The van der Waals surface area contributed by atoms with Crippen molar-refractivity contribution in [1.82, 2.24) is 9.78 Å². The molecule has 0 amide bonds. The number of hydrogen-bond acceptors (Lipinski definition) is 5. The molecule has 0 fully saturated rings. The fourth-order valence-corrected chi connectivity index (χ4v) is 1.87. The zero-order valence-electron chi connectivity index (χ0n) is 13.3. The Bertz CT molecular complexity index is 458. The highest BCUT2D eigenvalue weighted by Gasteiger charge is 2.30. The fraction of sp³-hybridized carbons (Fsp3) is 0.667. The Morgan fingerprint density at radius 2 is 1.67 bits per heavy atom. The zero-order chi connectivity index (χ0) is 16.0. The Balaban J connectivity index is 2.70. The fourth-order valence-electron chi connectivity index (χ4n) is 1.87. The number of nitrogens with zero attached hydrogens (tertiary/aromatic N) is 2. The van der Waals surface area contributed by atoms with E-state index >= 15 is 0 Å². The lowest BCUT2D eigenvalue weighted by molar-refractivity contribution is -0.166. The molecule has 0 aliphatic heterocycles. The van der Waals surface area contributed by atoms with Gasteiger partial charge in [0.15, 0.2) is 5.92 Å². The molecule has 0 saturated carbocycles. The highest BCUT2D eigenvalue weighted by Crippen LogP contribution is 2.15. The van der Waals surface area contributed by atoms with Gasteiger partial charge in [-0.05, 0) is 46.1 Å². The van der Waals surface area contributed by atoms with Gasteiger partial charge < -0.3 is 9.47 Å². The molecular formula is C15H24N2O4. The van der Waals surface area contributed by atoms with Crippen molar-refractivity contribution in [3.8, 4) is 0 Å². The summed E-state index contributed by atoms with van der Waals surface area (Å²) in [5.41, 5.74) is 0.970. The Labute approximate surface area is 125 Å². The van der Waals surface area contributed by atoms with E-state index in [-0.39, 0.29) is 12.2 Å². The van der Waals surface area contributed by atoms with Crippen LogP contribution in [0.4, 0.5) is 0 Å². The third kappa shape index (κ3) is 5.97. The van der Waals surface area contributed by atoms with Crippen molar-refractivity contribution < 1.29 is 19.1 Å². The first-order chi connectivity index (χ1) is 9.79. The third-order valence-corrected chi connectivity index (χ3v) is 2.75. The summed E-state index contributed by atoms with van der Waals surface area (Å²) in [6, 6.07) is 0. The van der Waals surface area contributed by atoms with Crippen molar-refractivity contribution in [2.45, 2.75) is 52.7 Å². The summed E-state index contributed by atoms with van der Waals surface area (Å²) in [6.07, 6.45) is 3.98. The van der Waals surface area contributed by atoms with E-state index < -0.39 is 17.9 Å². The predicted octanol–water partition coefficient (Wildman–Crippen LogP) is 1.87. The maximum absolute atomic E-state index is 12.1. The van der Waals surface area contributed by atoms with Crippen molar-refractivity contribution in [3.63, 3.8) is 0 Å². The molecule has 0 spiro atoms. The van der Waals surface area contributed by atoms with Crippen LogP contribution < -0.4 is 0 Å². The molecule has 21 heavy (non-hydrogen) atoms. The lowest BCUT2D eigenvalue weighted by Gasteiger charge is -2.18. The van der Waals surface area contributed by atoms with Gasteiger partial charge in [-0.25, -0.2) is 0 Å². The number of ether oxygens (including phenoxy) is 2. The molecule has 0 N–H and O–H groups in total. The van der Waals surface area contributed by atoms with E-state index in [0.29, 0.717) is 12.8 Å². The van der Waals surface area contributed by atoms with Gasteiger partial charge in [0.2, 0.25) is 0 Å². The van der Waals surface area contributed by atoms with Gasteiger partial charge in [0.25, 0.3) is 0 Å². The van der Waals surface area contributed by atoms with Crippen LogP contribution in [0.25, 0.3) is 0 Å². The Morgan fingerprint density at radius 3 is 2.05 bits per heavy atom. The molecule has 0 aliphatic rings. The largest absolute Gasteiger partial charge is 0.462 e. The van der Waals surface area contributed by atoms with Gasteiger partial charge in [-0.3, -0.25) is 14.3 Å². The van der Waals surface area contributed by atoms with Crippen molar-refractivity contribution in [2.24, 2.45) is 13.0 Å². The number of carbonyl (C=O) groups excluding carboxylic acids is 2. The number of rotatable bonds is 7. The monoisotopic (exact) mass is 296 g/mol. The van der Waals surface area contributed by atoms with E-state index in [4.69, 9.17) is 9.47 Å². The summed E-state index contributed by atoms with van der Waals surface area (Å²) < 4.78 is 12.0. The van der Waals surface area contributed by atoms with Crippen LogP contribution in [-0.2, 0) is 32.5 Å². The van der Waals surface area contributed by atoms with Crippen molar-refractivity contribution in [2.75, 3.05) is 0 Å². The summed E-state index contributed by atoms with van der Waals surface area (Å²) in [7, 11) is 1.82. The van der Waals surface area contributed by atoms with Crippen LogP contribution in [0.5, 0.6) is 0 Å². The minimum absolute atomic E-state index is 0.259. The molecule has 0 unspecified atom stereocenters. The van der Waals surface area contributed by atoms with Crippen molar-refractivity contribution in [3.05, 3.63) is 18.0 Å². The number of hydrogen-bond donors (Lipinski definition) is 0. The average molecular weight is 296 g/mol. The standard InChI is InChI=1S/C15H24N2O4/c1-10(2)20-14(18)13(15(19)21-11(3)4)7-6-12-8-16-17(5)9-12/h8-11,13H,6-7H2,1-5H3. The third-order valence-electron chi connectivity index (χ3n) is 2.75. The molecule has 0 radical (unpaired) electrons. The summed E-state index contributed by atoms with van der Waals surface area (Å²) in [5.74, 6) is -1.95. The second-order valence-corrected chi connectivity index (χ2v) is 5.58. The lowest BCUT2D eigenvalue weighted by Crippen LogP contribution is -2.31. The Morgan fingerprint density at radius 1 is 1.14 bits per heavy atom. The summed E-state index contributed by atoms with van der Waals surface area (Å²) in [4.78, 5) is 24.1. The van der Waals surface area contributed by atoms with Crippen LogP contribution in [0.3, 0.4) is 0 Å². The van der Waals surface area contributed by atoms with Crippen LogP contribution in [0.15, 0.2) is 12.4 Å². The topological polar surface area (TPSA) is 70.4 Å². The quantitative estimate of drug-likeness (QED) is 0.567. The summed E-state index contributed by atoms with van der Waals surface area (Å²) >= 11 is 0. The molecule has 0 atom stereocenters. The number of esters is 2. The molecule has 1 rings (SSSR count). The molecular weight excluding hydrogens is 272 g/mol. The minimum atomic E-state index is -0.894. The van der Waals surface area contributed by atoms with Crippen LogP contribution in [-0.4, -0.2) is 33.9 Å².